The summed E-state index contributed by atoms with van der Waals surface area (Å²) in [6.45, 7) is 2.82. The molecule has 2 aromatic rings. The maximum Gasteiger partial charge on any atom is 0.303 e. The summed E-state index contributed by atoms with van der Waals surface area (Å²) in [6.07, 6.45) is 2.80. The smallest absolute Gasteiger partial charge is 0.303 e. The van der Waals surface area contributed by atoms with Crippen molar-refractivity contribution in [1.29, 1.82) is 0 Å². The molecule has 0 atom stereocenters. The van der Waals surface area contributed by atoms with Gasteiger partial charge in [0.1, 0.15) is 0 Å². The molecule has 0 aliphatic heterocycles. The number of carboxylic acid groups (broad SMARTS) is 1. The highest BCUT2D eigenvalue weighted by Crippen LogP contribution is 2.21. The summed E-state index contributed by atoms with van der Waals surface area (Å²) in [4.78, 5) is 22.6. The molecule has 1 heterocycles. The maximum absolute atomic E-state index is 12.2. The molecule has 0 unspecified atom stereocenters. The van der Waals surface area contributed by atoms with Crippen LogP contribution in [0.5, 0.6) is 0 Å². The molecule has 2 rings (SSSR count). The molecule has 0 aliphatic carbocycles. The summed E-state index contributed by atoms with van der Waals surface area (Å²) in [6, 6.07) is 7.75. The molecule has 4 nitrogen and oxygen atoms in total. The molecule has 0 spiro atoms. The number of hydrogen-bond donors (Lipinski definition) is 1. The lowest BCUT2D eigenvalue weighted by atomic mass is 10.1. The van der Waals surface area contributed by atoms with Crippen LogP contribution in [0, 0.1) is 11.8 Å². The van der Waals surface area contributed by atoms with E-state index in [2.05, 4.69) is 11.8 Å². The number of carboxylic acids is 1. The highest BCUT2D eigenvalue weighted by molar-refractivity contribution is 6.16. The monoisotopic (exact) mass is 283 g/mol. The Kier molecular flexibility index (Phi) is 4.78. The molecule has 1 aromatic heterocycles. The largest absolute Gasteiger partial charge is 0.481 e. The van der Waals surface area contributed by atoms with Crippen molar-refractivity contribution < 1.29 is 14.7 Å². The van der Waals surface area contributed by atoms with Gasteiger partial charge in [0.25, 0.3) is 0 Å². The Bertz CT molecular complexity index is 731. The van der Waals surface area contributed by atoms with Crippen molar-refractivity contribution in [2.45, 2.75) is 32.7 Å². The van der Waals surface area contributed by atoms with Gasteiger partial charge in [-0.1, -0.05) is 24.1 Å². The molecule has 108 valence electrons. The fourth-order valence-electron chi connectivity index (χ4n) is 2.23. The van der Waals surface area contributed by atoms with Gasteiger partial charge in [-0.25, -0.2) is 0 Å². The standard InChI is InChI=1S/C17H17NO3/c1-2-18-12-14(13-8-6-7-9-15(13)18)16(19)10-4-3-5-11-17(20)21/h6-9,12H,2-3,5,11H2,1H3,(H,20,21). The van der Waals surface area contributed by atoms with E-state index in [1.54, 1.807) is 0 Å². The fourth-order valence-corrected chi connectivity index (χ4v) is 2.23. The number of ketones is 1. The lowest BCUT2D eigenvalue weighted by molar-refractivity contribution is -0.137. The predicted octanol–water partition coefficient (Wildman–Crippen LogP) is 3.10. The van der Waals surface area contributed by atoms with Crippen LogP contribution in [-0.2, 0) is 11.3 Å². The van der Waals surface area contributed by atoms with Crippen molar-refractivity contribution in [3.63, 3.8) is 0 Å². The summed E-state index contributed by atoms with van der Waals surface area (Å²) >= 11 is 0. The van der Waals surface area contributed by atoms with E-state index in [1.807, 2.05) is 42.0 Å². The number of Topliss-reactive ketones (excluding diaryl/α,β-unsaturated/α-hetero) is 1. The quantitative estimate of drug-likeness (QED) is 0.397. The van der Waals surface area contributed by atoms with Crippen molar-refractivity contribution in [3.8, 4) is 11.8 Å². The average molecular weight is 283 g/mol. The molecule has 4 heteroatoms. The number of carbonyl (C=O) groups excluding carboxylic acids is 1. The van der Waals surface area contributed by atoms with Gasteiger partial charge in [0, 0.05) is 36.5 Å². The molecule has 1 aromatic carbocycles. The van der Waals surface area contributed by atoms with Crippen molar-refractivity contribution in [2.75, 3.05) is 0 Å². The van der Waals surface area contributed by atoms with Gasteiger partial charge in [-0.05, 0) is 25.3 Å². The first-order chi connectivity index (χ1) is 10.1. The Morgan fingerprint density at radius 3 is 2.76 bits per heavy atom. The number of aryl methyl sites for hydroxylation is 1. The van der Waals surface area contributed by atoms with Gasteiger partial charge in [0.05, 0.1) is 5.56 Å². The summed E-state index contributed by atoms with van der Waals surface area (Å²) in [5, 5.41) is 9.44. The number of aromatic nitrogens is 1. The van der Waals surface area contributed by atoms with E-state index in [-0.39, 0.29) is 12.2 Å². The van der Waals surface area contributed by atoms with Crippen LogP contribution in [0.2, 0.25) is 0 Å². The number of rotatable bonds is 5. The normalized spacial score (nSPS) is 10.1. The third kappa shape index (κ3) is 3.51. The second-order valence-corrected chi connectivity index (χ2v) is 4.72. The Morgan fingerprint density at radius 2 is 2.05 bits per heavy atom. The Morgan fingerprint density at radius 1 is 1.29 bits per heavy atom. The summed E-state index contributed by atoms with van der Waals surface area (Å²) in [5.74, 6) is 4.31. The van der Waals surface area contributed by atoms with Crippen molar-refractivity contribution >= 4 is 22.7 Å². The molecule has 0 saturated carbocycles. The van der Waals surface area contributed by atoms with E-state index in [1.165, 1.54) is 0 Å². The van der Waals surface area contributed by atoms with Crippen LogP contribution in [0.25, 0.3) is 10.9 Å². The molecule has 0 bridgehead atoms. The number of para-hydroxylation sites is 1. The molecule has 0 fully saturated rings. The Hall–Kier alpha value is -2.54. The van der Waals surface area contributed by atoms with E-state index < -0.39 is 5.97 Å². The highest BCUT2D eigenvalue weighted by atomic mass is 16.4. The molecule has 0 radical (unpaired) electrons. The van der Waals surface area contributed by atoms with Gasteiger partial charge < -0.3 is 9.67 Å². The first-order valence-electron chi connectivity index (χ1n) is 6.96. The summed E-state index contributed by atoms with van der Waals surface area (Å²) in [7, 11) is 0. The van der Waals surface area contributed by atoms with Gasteiger partial charge in [0.15, 0.2) is 0 Å². The zero-order valence-corrected chi connectivity index (χ0v) is 11.9. The van der Waals surface area contributed by atoms with Crippen LogP contribution in [0.4, 0.5) is 0 Å². The number of fused-ring (bicyclic) bond motifs is 1. The molecular formula is C17H17NO3. The van der Waals surface area contributed by atoms with Crippen molar-refractivity contribution in [1.82, 2.24) is 4.57 Å². The molecular weight excluding hydrogens is 266 g/mol. The lowest BCUT2D eigenvalue weighted by Gasteiger charge is -1.97. The minimum atomic E-state index is -0.839. The first-order valence-corrected chi connectivity index (χ1v) is 6.96. The molecule has 0 aliphatic rings. The van der Waals surface area contributed by atoms with E-state index in [0.29, 0.717) is 18.4 Å². The summed E-state index contributed by atoms with van der Waals surface area (Å²) < 4.78 is 2.02. The van der Waals surface area contributed by atoms with Crippen LogP contribution in [0.15, 0.2) is 30.5 Å². The minimum absolute atomic E-state index is 0.0814. The Labute approximate surface area is 123 Å². The zero-order valence-electron chi connectivity index (χ0n) is 11.9. The van der Waals surface area contributed by atoms with E-state index in [9.17, 15) is 9.59 Å². The number of unbranched alkanes of at least 4 members (excludes halogenated alkanes) is 1. The molecule has 0 saturated heterocycles. The van der Waals surface area contributed by atoms with Crippen LogP contribution in [0.3, 0.4) is 0 Å². The van der Waals surface area contributed by atoms with Gasteiger partial charge in [0.2, 0.25) is 5.78 Å². The second-order valence-electron chi connectivity index (χ2n) is 4.72. The van der Waals surface area contributed by atoms with Crippen LogP contribution in [-0.4, -0.2) is 21.4 Å². The maximum atomic E-state index is 12.2. The van der Waals surface area contributed by atoms with Gasteiger partial charge in [-0.2, -0.15) is 0 Å². The average Bonchev–Trinajstić information content (AvgIpc) is 2.85. The molecule has 21 heavy (non-hydrogen) atoms. The van der Waals surface area contributed by atoms with Crippen molar-refractivity contribution in [3.05, 3.63) is 36.0 Å². The van der Waals surface area contributed by atoms with Crippen LogP contribution >= 0.6 is 0 Å². The number of benzene rings is 1. The molecule has 1 N–H and O–H groups in total. The van der Waals surface area contributed by atoms with E-state index in [0.717, 1.165) is 17.4 Å². The van der Waals surface area contributed by atoms with Crippen LogP contribution in [0.1, 0.15) is 36.5 Å². The first kappa shape index (κ1) is 14.9. The third-order valence-corrected chi connectivity index (χ3v) is 3.27. The zero-order chi connectivity index (χ0) is 15.2. The van der Waals surface area contributed by atoms with Gasteiger partial charge in [-0.15, -0.1) is 0 Å². The second kappa shape index (κ2) is 6.76. The lowest BCUT2D eigenvalue weighted by Crippen LogP contribution is -1.95. The predicted molar refractivity (Wildman–Crippen MR) is 81.2 cm³/mol. The fraction of sp³-hybridized carbons (Fsp3) is 0.294. The van der Waals surface area contributed by atoms with Crippen LogP contribution < -0.4 is 0 Å². The van der Waals surface area contributed by atoms with Gasteiger partial charge >= 0.3 is 5.97 Å². The van der Waals surface area contributed by atoms with Gasteiger partial charge in [-0.3, -0.25) is 9.59 Å². The van der Waals surface area contributed by atoms with E-state index in [4.69, 9.17) is 5.11 Å². The molecule has 0 amide bonds. The third-order valence-electron chi connectivity index (χ3n) is 3.27. The number of aliphatic carboxylic acids is 1. The highest BCUT2D eigenvalue weighted by Gasteiger charge is 2.12. The number of carbonyl (C=O) groups is 2. The number of hydrogen-bond acceptors (Lipinski definition) is 2. The SMILES string of the molecule is CCn1cc(C(=O)C#CCCCC(=O)O)c2ccccc21. The van der Waals surface area contributed by atoms with E-state index >= 15 is 0 Å². The number of nitrogens with zero attached hydrogens (tertiary/aromatic N) is 1. The van der Waals surface area contributed by atoms with Crippen molar-refractivity contribution in [2.24, 2.45) is 0 Å². The Balaban J connectivity index is 2.17. The summed E-state index contributed by atoms with van der Waals surface area (Å²) in [5.41, 5.74) is 1.63. The topological polar surface area (TPSA) is 59.3 Å². The minimum Gasteiger partial charge on any atom is -0.481 e.